The van der Waals surface area contributed by atoms with Gasteiger partial charge in [0, 0.05) is 36.5 Å². The number of piperidine rings is 1. The molecule has 7 heteroatoms. The number of nitriles is 1. The number of hydrogen-bond donors (Lipinski definition) is 1. The Balaban J connectivity index is 1.55. The third kappa shape index (κ3) is 3.96. The van der Waals surface area contributed by atoms with Gasteiger partial charge in [0.25, 0.3) is 0 Å². The van der Waals surface area contributed by atoms with Crippen molar-refractivity contribution in [2.75, 3.05) is 31.1 Å². The minimum Gasteiger partial charge on any atom is -0.497 e. The maximum Gasteiger partial charge on any atom is 0.128 e. The van der Waals surface area contributed by atoms with Gasteiger partial charge in [-0.3, -0.25) is 0 Å². The Bertz CT molecular complexity index is 984. The van der Waals surface area contributed by atoms with Gasteiger partial charge in [-0.15, -0.1) is 0 Å². The van der Waals surface area contributed by atoms with Gasteiger partial charge in [0.05, 0.1) is 30.3 Å². The highest BCUT2D eigenvalue weighted by molar-refractivity contribution is 5.80. The van der Waals surface area contributed by atoms with Crippen LogP contribution < -0.4 is 10.2 Å². The van der Waals surface area contributed by atoms with Gasteiger partial charge < -0.3 is 15.0 Å². The van der Waals surface area contributed by atoms with Crippen LogP contribution in [0, 0.1) is 17.2 Å². The van der Waals surface area contributed by atoms with E-state index in [2.05, 4.69) is 28.0 Å². The van der Waals surface area contributed by atoms with Crippen LogP contribution in [0.2, 0.25) is 0 Å². The van der Waals surface area contributed by atoms with E-state index in [4.69, 9.17) is 9.72 Å². The Morgan fingerprint density at radius 2 is 2.27 bits per heavy atom. The molecule has 2 aromatic heterocycles. The third-order valence-corrected chi connectivity index (χ3v) is 5.98. The van der Waals surface area contributed by atoms with E-state index in [0.29, 0.717) is 29.5 Å². The number of hydrogen-bond acceptors (Lipinski definition) is 6. The Morgan fingerprint density at radius 1 is 1.40 bits per heavy atom. The summed E-state index contributed by atoms with van der Waals surface area (Å²) in [7, 11) is 0. The van der Waals surface area contributed by atoms with Gasteiger partial charge in [-0.2, -0.15) is 10.4 Å². The average molecular weight is 405 g/mol. The lowest BCUT2D eigenvalue weighted by Gasteiger charge is -2.35. The van der Waals surface area contributed by atoms with E-state index < -0.39 is 0 Å². The van der Waals surface area contributed by atoms with Crippen LogP contribution in [0.25, 0.3) is 11.8 Å². The zero-order valence-electron chi connectivity index (χ0n) is 17.6. The molecule has 0 radical (unpaired) electrons. The number of aromatic nitrogens is 3. The molecule has 2 aromatic rings. The quantitative estimate of drug-likeness (QED) is 0.745. The molecule has 2 atom stereocenters. The van der Waals surface area contributed by atoms with Gasteiger partial charge in [0.2, 0.25) is 0 Å². The van der Waals surface area contributed by atoms with Crippen molar-refractivity contribution in [2.45, 2.75) is 32.7 Å². The number of rotatable bonds is 6. The van der Waals surface area contributed by atoms with Crippen molar-refractivity contribution in [3.63, 3.8) is 0 Å². The highest BCUT2D eigenvalue weighted by atomic mass is 16.5. The van der Waals surface area contributed by atoms with E-state index in [0.717, 1.165) is 42.7 Å². The molecule has 156 valence electrons. The molecular weight excluding hydrogens is 376 g/mol. The monoisotopic (exact) mass is 404 g/mol. The van der Waals surface area contributed by atoms with Crippen LogP contribution in [0.15, 0.2) is 36.9 Å². The summed E-state index contributed by atoms with van der Waals surface area (Å²) in [5.74, 6) is 2.51. The van der Waals surface area contributed by atoms with E-state index in [9.17, 15) is 5.26 Å². The summed E-state index contributed by atoms with van der Waals surface area (Å²) in [6.07, 6.45) is 7.66. The normalized spacial score (nSPS) is 21.2. The zero-order valence-corrected chi connectivity index (χ0v) is 17.6. The highest BCUT2D eigenvalue weighted by Crippen LogP contribution is 2.29. The lowest BCUT2D eigenvalue weighted by molar-refractivity contribution is 0.233. The van der Waals surface area contributed by atoms with Crippen molar-refractivity contribution in [1.29, 1.82) is 5.26 Å². The summed E-state index contributed by atoms with van der Waals surface area (Å²) < 4.78 is 7.16. The van der Waals surface area contributed by atoms with Crippen LogP contribution in [0.1, 0.15) is 43.5 Å². The van der Waals surface area contributed by atoms with Crippen molar-refractivity contribution in [3.05, 3.63) is 53.7 Å². The molecule has 2 fully saturated rings. The van der Waals surface area contributed by atoms with Crippen molar-refractivity contribution in [2.24, 2.45) is 5.92 Å². The molecule has 7 nitrogen and oxygen atoms in total. The number of fused-ring (bicyclic) bond motifs is 1. The van der Waals surface area contributed by atoms with Gasteiger partial charge in [-0.25, -0.2) is 9.67 Å². The lowest BCUT2D eigenvalue weighted by atomic mass is 9.92. The first-order valence-corrected chi connectivity index (χ1v) is 10.5. The summed E-state index contributed by atoms with van der Waals surface area (Å²) in [5.41, 5.74) is 2.70. The largest absolute Gasteiger partial charge is 0.497 e. The number of anilines is 1. The molecular formula is C23H28N6O. The standard InChI is InChI=1S/C23H28N6O/c1-4-30-16(2)14-29-23(20(11-24)13-27-29)17(3)19-5-6-22(26-12-19)28-10-8-18-7-9-25-21(18)15-28/h5-6,12-14,18,21,25H,3-4,7-10,15H2,1-2H3/b16-14+/t18-,21+/m0/s1. The van der Waals surface area contributed by atoms with E-state index in [-0.39, 0.29) is 0 Å². The first kappa shape index (κ1) is 20.2. The molecule has 2 aliphatic rings. The Hall–Kier alpha value is -3.11. The minimum atomic E-state index is 0.471. The fourth-order valence-corrected chi connectivity index (χ4v) is 4.41. The number of nitrogens with zero attached hydrogens (tertiary/aromatic N) is 5. The molecule has 0 aliphatic carbocycles. The average Bonchev–Trinajstić information content (AvgIpc) is 3.39. The molecule has 4 heterocycles. The molecule has 1 N–H and O–H groups in total. The fraction of sp³-hybridized carbons (Fsp3) is 0.435. The lowest BCUT2D eigenvalue weighted by Crippen LogP contribution is -2.46. The second kappa shape index (κ2) is 8.72. The molecule has 0 amide bonds. The molecule has 2 aliphatic heterocycles. The summed E-state index contributed by atoms with van der Waals surface area (Å²) in [4.78, 5) is 7.06. The molecule has 0 aromatic carbocycles. The summed E-state index contributed by atoms with van der Waals surface area (Å²) >= 11 is 0. The minimum absolute atomic E-state index is 0.471. The Kier molecular flexibility index (Phi) is 5.86. The maximum absolute atomic E-state index is 9.53. The van der Waals surface area contributed by atoms with E-state index >= 15 is 0 Å². The number of pyridine rings is 1. The SMILES string of the molecule is C=C(c1ccc(N2CC[C@@H]3CCN[C@@H]3C2)nc1)c1c(C#N)cnn1/C=C(\C)OCC. The highest BCUT2D eigenvalue weighted by Gasteiger charge is 2.32. The summed E-state index contributed by atoms with van der Waals surface area (Å²) in [6, 6.07) is 6.85. The van der Waals surface area contributed by atoms with Crippen LogP contribution in [-0.2, 0) is 4.74 Å². The van der Waals surface area contributed by atoms with Gasteiger partial charge in [0.1, 0.15) is 17.6 Å². The molecule has 0 saturated carbocycles. The van der Waals surface area contributed by atoms with Gasteiger partial charge in [-0.1, -0.05) is 6.58 Å². The van der Waals surface area contributed by atoms with Crippen LogP contribution in [0.5, 0.6) is 0 Å². The van der Waals surface area contributed by atoms with E-state index in [1.54, 1.807) is 17.1 Å². The van der Waals surface area contributed by atoms with Gasteiger partial charge in [-0.05, 0) is 51.3 Å². The molecule has 4 rings (SSSR count). The van der Waals surface area contributed by atoms with Gasteiger partial charge >= 0.3 is 0 Å². The summed E-state index contributed by atoms with van der Waals surface area (Å²) in [6.45, 7) is 11.8. The third-order valence-electron chi connectivity index (χ3n) is 5.98. The second-order valence-electron chi connectivity index (χ2n) is 7.86. The number of ether oxygens (including phenoxy) is 1. The van der Waals surface area contributed by atoms with Crippen LogP contribution in [0.4, 0.5) is 5.82 Å². The Morgan fingerprint density at radius 3 is 3.00 bits per heavy atom. The molecule has 0 unspecified atom stereocenters. The van der Waals surface area contributed by atoms with Crippen molar-refractivity contribution >= 4 is 17.6 Å². The molecule has 0 bridgehead atoms. The predicted molar refractivity (Wildman–Crippen MR) is 118 cm³/mol. The summed E-state index contributed by atoms with van der Waals surface area (Å²) in [5, 5.41) is 17.5. The van der Waals surface area contributed by atoms with Gasteiger partial charge in [0.15, 0.2) is 0 Å². The van der Waals surface area contributed by atoms with Crippen LogP contribution in [0.3, 0.4) is 0 Å². The molecule has 30 heavy (non-hydrogen) atoms. The zero-order chi connectivity index (χ0) is 21.1. The Labute approximate surface area is 177 Å². The fourth-order valence-electron chi connectivity index (χ4n) is 4.41. The van der Waals surface area contributed by atoms with E-state index in [1.165, 1.54) is 12.8 Å². The first-order chi connectivity index (χ1) is 14.6. The van der Waals surface area contributed by atoms with E-state index in [1.807, 2.05) is 32.2 Å². The predicted octanol–water partition coefficient (Wildman–Crippen LogP) is 3.25. The van der Waals surface area contributed by atoms with Crippen LogP contribution >= 0.6 is 0 Å². The van der Waals surface area contributed by atoms with Crippen molar-refractivity contribution in [1.82, 2.24) is 20.1 Å². The molecule has 0 spiro atoms. The maximum atomic E-state index is 9.53. The number of allylic oxidation sites excluding steroid dienone is 1. The van der Waals surface area contributed by atoms with Crippen LogP contribution in [-0.4, -0.2) is 47.0 Å². The van der Waals surface area contributed by atoms with Crippen molar-refractivity contribution < 1.29 is 4.74 Å². The topological polar surface area (TPSA) is 79.0 Å². The second-order valence-corrected chi connectivity index (χ2v) is 7.86. The van der Waals surface area contributed by atoms with Crippen molar-refractivity contribution in [3.8, 4) is 6.07 Å². The first-order valence-electron chi connectivity index (χ1n) is 10.5. The number of nitrogens with one attached hydrogen (secondary N) is 1. The molecule has 2 saturated heterocycles. The smallest absolute Gasteiger partial charge is 0.128 e.